The summed E-state index contributed by atoms with van der Waals surface area (Å²) in [6, 6.07) is 66.0. The number of hydrogen-bond donors (Lipinski definition) is 0. The highest BCUT2D eigenvalue weighted by Gasteiger charge is 2.45. The van der Waals surface area contributed by atoms with Gasteiger partial charge in [0.2, 0.25) is 0 Å². The Kier molecular flexibility index (Phi) is 8.60. The first-order valence-corrected chi connectivity index (χ1v) is 21.4. The van der Waals surface area contributed by atoms with Crippen LogP contribution in [0, 0.1) is 0 Å². The zero-order chi connectivity index (χ0) is 40.6. The molecule has 0 N–H and O–H groups in total. The molecule has 11 aromatic rings. The lowest BCUT2D eigenvalue weighted by Crippen LogP contribution is -2.59. The van der Waals surface area contributed by atoms with Gasteiger partial charge < -0.3 is 13.7 Å². The molecule has 1 aliphatic rings. The molecule has 0 aliphatic carbocycles. The molecule has 6 heteroatoms. The Labute approximate surface area is 354 Å². The van der Waals surface area contributed by atoms with Crippen molar-refractivity contribution in [2.45, 2.75) is 20.3 Å². The normalized spacial score (nSPS) is 14.5. The van der Waals surface area contributed by atoms with E-state index in [-0.39, 0.29) is 0 Å². The van der Waals surface area contributed by atoms with Crippen molar-refractivity contribution in [2.24, 2.45) is 0 Å². The maximum Gasteiger partial charge on any atom is 0.467 e. The van der Waals surface area contributed by atoms with Gasteiger partial charge in [0.1, 0.15) is 0 Å². The van der Waals surface area contributed by atoms with Crippen LogP contribution in [0.4, 0.5) is 0 Å². The largest absolute Gasteiger partial charge is 0.467 e. The second kappa shape index (κ2) is 14.5. The Hall–Kier alpha value is -6.69. The topological polar surface area (TPSA) is 27.7 Å². The van der Waals surface area contributed by atoms with Gasteiger partial charge in [-0.25, -0.2) is 0 Å². The van der Waals surface area contributed by atoms with Crippen molar-refractivity contribution in [3.63, 3.8) is 0 Å². The summed E-state index contributed by atoms with van der Waals surface area (Å²) >= 11 is 0. The number of benzene rings is 11. The van der Waals surface area contributed by atoms with E-state index < -0.39 is 21.4 Å². The van der Waals surface area contributed by atoms with Crippen LogP contribution in [0.3, 0.4) is 0 Å². The van der Waals surface area contributed by atoms with Crippen molar-refractivity contribution in [3.05, 3.63) is 192 Å². The van der Waals surface area contributed by atoms with E-state index in [2.05, 4.69) is 202 Å². The lowest BCUT2D eigenvalue weighted by molar-refractivity contribution is 0.309. The van der Waals surface area contributed by atoms with Crippen molar-refractivity contribution >= 4 is 130 Å². The summed E-state index contributed by atoms with van der Waals surface area (Å²) in [5.74, 6) is 0. The van der Waals surface area contributed by atoms with Gasteiger partial charge in [-0.15, -0.1) is 0 Å². The lowest BCUT2D eigenvalue weighted by atomic mass is 9.59. The van der Waals surface area contributed by atoms with Gasteiger partial charge in [-0.3, -0.25) is 0 Å². The van der Waals surface area contributed by atoms with Gasteiger partial charge in [0.15, 0.2) is 0 Å². The lowest BCUT2D eigenvalue weighted by Gasteiger charge is -2.33. The first-order valence-electron chi connectivity index (χ1n) is 21.4. The molecule has 12 rings (SSSR count). The monoisotopic (exact) mass is 780 g/mol. The maximum atomic E-state index is 7.14. The van der Waals surface area contributed by atoms with Crippen LogP contribution >= 0.6 is 0 Å². The molecule has 0 radical (unpaired) electrons. The minimum absolute atomic E-state index is 0.690. The van der Waals surface area contributed by atoms with Crippen molar-refractivity contribution in [3.8, 4) is 0 Å². The first kappa shape index (κ1) is 36.2. The quantitative estimate of drug-likeness (QED) is 0.101. The molecule has 0 unspecified atom stereocenters. The molecule has 0 aromatic heterocycles. The summed E-state index contributed by atoms with van der Waals surface area (Å²) in [6.45, 7) is 4.32. The average molecular weight is 780 g/mol. The molecule has 3 nitrogen and oxygen atoms in total. The van der Waals surface area contributed by atoms with Crippen LogP contribution in [-0.2, 0) is 13.7 Å². The Morgan fingerprint density at radius 3 is 1.26 bits per heavy atom. The minimum atomic E-state index is -0.718. The SMILES string of the molecule is CC=c1cc2c(ccc3ccccc32)cc1=C(CC)B1OB(c2cccc3cc4c(ccc5ccccc54)cc23)OB(c2cccc3cc4c(ccc5ccccc54)cc23)O1. The van der Waals surface area contributed by atoms with Gasteiger partial charge in [-0.05, 0) is 163 Å². The third kappa shape index (κ3) is 5.97. The molecule has 0 bridgehead atoms. The summed E-state index contributed by atoms with van der Waals surface area (Å²) in [6.07, 6.45) is 2.93. The van der Waals surface area contributed by atoms with Gasteiger partial charge in [0.05, 0.1) is 0 Å². The van der Waals surface area contributed by atoms with E-state index in [1.807, 2.05) is 0 Å². The van der Waals surface area contributed by atoms with Crippen LogP contribution in [-0.4, -0.2) is 21.4 Å². The maximum absolute atomic E-state index is 7.14. The zero-order valence-corrected chi connectivity index (χ0v) is 34.1. The van der Waals surface area contributed by atoms with Crippen LogP contribution in [0.25, 0.3) is 97.7 Å². The summed E-state index contributed by atoms with van der Waals surface area (Å²) in [7, 11) is -2.13. The molecule has 11 aromatic carbocycles. The van der Waals surface area contributed by atoms with Crippen molar-refractivity contribution in [1.29, 1.82) is 0 Å². The molecule has 0 amide bonds. The molecule has 1 fully saturated rings. The van der Waals surface area contributed by atoms with Crippen molar-refractivity contribution in [2.75, 3.05) is 0 Å². The van der Waals surface area contributed by atoms with Crippen LogP contribution < -0.4 is 21.4 Å². The Morgan fingerprint density at radius 1 is 0.393 bits per heavy atom. The molecule has 0 spiro atoms. The Bertz CT molecular complexity index is 3570. The molecule has 1 heterocycles. The van der Waals surface area contributed by atoms with E-state index in [1.165, 1.54) is 64.6 Å². The molecule has 286 valence electrons. The predicted octanol–water partition coefficient (Wildman–Crippen LogP) is 11.2. The second-order valence-electron chi connectivity index (χ2n) is 16.4. The van der Waals surface area contributed by atoms with E-state index in [0.29, 0.717) is 0 Å². The van der Waals surface area contributed by atoms with Gasteiger partial charge in [0, 0.05) is 0 Å². The molecular weight excluding hydrogens is 741 g/mol. The van der Waals surface area contributed by atoms with E-state index in [9.17, 15) is 0 Å². The minimum Gasteiger partial charge on any atom is -0.445 e. The zero-order valence-electron chi connectivity index (χ0n) is 34.1. The fourth-order valence-corrected chi connectivity index (χ4v) is 9.98. The number of hydrogen-bond acceptors (Lipinski definition) is 3. The highest BCUT2D eigenvalue weighted by atomic mass is 16.7. The summed E-state index contributed by atoms with van der Waals surface area (Å²) in [5, 5.41) is 21.5. The van der Waals surface area contributed by atoms with Crippen LogP contribution in [0.1, 0.15) is 20.3 Å². The van der Waals surface area contributed by atoms with Gasteiger partial charge in [-0.1, -0.05) is 159 Å². The van der Waals surface area contributed by atoms with Crippen molar-refractivity contribution < 1.29 is 13.7 Å². The van der Waals surface area contributed by atoms with E-state index in [1.54, 1.807) is 0 Å². The third-order valence-electron chi connectivity index (χ3n) is 13.0. The standard InChI is InChI=1S/C55H39B3O3/c1-3-35-29-47-41(26-23-36-13-5-8-18-44(36)47)32-50(35)53(4-2)56-59-57(54-21-11-16-39-30-48-42(33-51(39)54)27-24-37-14-6-9-19-45(37)48)61-58(60-56)55-22-12-17-40-31-49-43(34-52(40)55)28-25-38-15-7-10-20-46(38)49/h3,5-34H,4H2,1-2H3. The fourth-order valence-electron chi connectivity index (χ4n) is 9.98. The highest BCUT2D eigenvalue weighted by Crippen LogP contribution is 2.32. The Morgan fingerprint density at radius 2 is 0.787 bits per heavy atom. The smallest absolute Gasteiger partial charge is 0.445 e. The Balaban J connectivity index is 1.06. The average Bonchev–Trinajstić information content (AvgIpc) is 3.32. The summed E-state index contributed by atoms with van der Waals surface area (Å²) < 4.78 is 21.4. The molecule has 1 aliphatic heterocycles. The number of rotatable bonds is 4. The van der Waals surface area contributed by atoms with Crippen LogP contribution in [0.5, 0.6) is 0 Å². The molecule has 1 saturated heterocycles. The molecular formula is C55H39B3O3. The number of fused-ring (bicyclic) bond motifs is 11. The molecule has 0 atom stereocenters. The van der Waals surface area contributed by atoms with Gasteiger partial charge >= 0.3 is 21.4 Å². The van der Waals surface area contributed by atoms with Gasteiger partial charge in [-0.2, -0.15) is 0 Å². The second-order valence-corrected chi connectivity index (χ2v) is 16.4. The van der Waals surface area contributed by atoms with E-state index >= 15 is 0 Å². The predicted molar refractivity (Wildman–Crippen MR) is 262 cm³/mol. The molecule has 0 saturated carbocycles. The van der Waals surface area contributed by atoms with Crippen LogP contribution in [0.15, 0.2) is 182 Å². The van der Waals surface area contributed by atoms with E-state index in [4.69, 9.17) is 13.7 Å². The van der Waals surface area contributed by atoms with Crippen LogP contribution in [0.2, 0.25) is 0 Å². The third-order valence-corrected chi connectivity index (χ3v) is 13.0. The van der Waals surface area contributed by atoms with Gasteiger partial charge in [0.25, 0.3) is 0 Å². The van der Waals surface area contributed by atoms with Crippen molar-refractivity contribution in [1.82, 2.24) is 0 Å². The molecule has 61 heavy (non-hydrogen) atoms. The summed E-state index contributed by atoms with van der Waals surface area (Å²) in [4.78, 5) is 0. The summed E-state index contributed by atoms with van der Waals surface area (Å²) in [5.41, 5.74) is 3.03. The first-order chi connectivity index (χ1) is 30.1. The fraction of sp³-hybridized carbons (Fsp3) is 0.0545. The van der Waals surface area contributed by atoms with E-state index in [0.717, 1.165) is 54.8 Å². The highest BCUT2D eigenvalue weighted by molar-refractivity contribution is 6.89.